The topological polar surface area (TPSA) is 59.4 Å². The highest BCUT2D eigenvalue weighted by Crippen LogP contribution is 2.01. The van der Waals surface area contributed by atoms with Crippen LogP contribution in [-0.4, -0.2) is 22.9 Å². The SMILES string of the molecule is CC(=CCc1ccccn1)C(=O)OCO. The highest BCUT2D eigenvalue weighted by Gasteiger charge is 2.03. The molecule has 0 aliphatic carbocycles. The third-order valence-corrected chi connectivity index (χ3v) is 1.86. The highest BCUT2D eigenvalue weighted by molar-refractivity contribution is 5.87. The van der Waals surface area contributed by atoms with E-state index in [1.165, 1.54) is 0 Å². The number of allylic oxidation sites excluding steroid dienone is 1. The molecule has 1 N–H and O–H groups in total. The molecular formula is C11H13NO3. The molecule has 1 aromatic rings. The molecule has 1 rings (SSSR count). The quantitative estimate of drug-likeness (QED) is 0.455. The fraction of sp³-hybridized carbons (Fsp3) is 0.273. The van der Waals surface area contributed by atoms with Crippen LogP contribution in [0.2, 0.25) is 0 Å². The zero-order valence-electron chi connectivity index (χ0n) is 8.51. The van der Waals surface area contributed by atoms with E-state index in [0.717, 1.165) is 5.69 Å². The minimum atomic E-state index is -0.590. The fourth-order valence-electron chi connectivity index (χ4n) is 1.03. The standard InChI is InChI=1S/C11H13NO3/c1-9(11(14)15-8-13)5-6-10-4-2-3-7-12-10/h2-5,7,13H,6,8H2,1H3. The molecule has 0 fully saturated rings. The Morgan fingerprint density at radius 3 is 3.00 bits per heavy atom. The summed E-state index contributed by atoms with van der Waals surface area (Å²) in [6, 6.07) is 5.60. The summed E-state index contributed by atoms with van der Waals surface area (Å²) >= 11 is 0. The molecule has 80 valence electrons. The molecule has 0 saturated carbocycles. The maximum absolute atomic E-state index is 11.1. The van der Waals surface area contributed by atoms with Gasteiger partial charge in [-0.05, 0) is 19.1 Å². The Bertz CT molecular complexity index is 346. The van der Waals surface area contributed by atoms with Crippen LogP contribution in [0.1, 0.15) is 12.6 Å². The molecule has 1 aromatic heterocycles. The van der Waals surface area contributed by atoms with Gasteiger partial charge in [-0.25, -0.2) is 4.79 Å². The van der Waals surface area contributed by atoms with Crippen LogP contribution in [-0.2, 0) is 16.0 Å². The van der Waals surface area contributed by atoms with Gasteiger partial charge in [0.1, 0.15) is 0 Å². The van der Waals surface area contributed by atoms with Crippen LogP contribution in [0.25, 0.3) is 0 Å². The van der Waals surface area contributed by atoms with E-state index in [1.54, 1.807) is 19.2 Å². The first-order chi connectivity index (χ1) is 7.24. The number of ether oxygens (including phenoxy) is 1. The summed E-state index contributed by atoms with van der Waals surface area (Å²) in [5.74, 6) is -0.506. The van der Waals surface area contributed by atoms with Gasteiger partial charge in [-0.2, -0.15) is 0 Å². The van der Waals surface area contributed by atoms with E-state index in [-0.39, 0.29) is 0 Å². The number of carbonyl (C=O) groups is 1. The fourth-order valence-corrected chi connectivity index (χ4v) is 1.03. The highest BCUT2D eigenvalue weighted by atomic mass is 16.6. The molecule has 0 saturated heterocycles. The van der Waals surface area contributed by atoms with Crippen LogP contribution in [0.15, 0.2) is 36.0 Å². The maximum Gasteiger partial charge on any atom is 0.335 e. The second-order valence-electron chi connectivity index (χ2n) is 2.97. The molecule has 0 unspecified atom stereocenters. The van der Waals surface area contributed by atoms with Crippen molar-refractivity contribution in [2.75, 3.05) is 6.79 Å². The minimum Gasteiger partial charge on any atom is -0.435 e. The van der Waals surface area contributed by atoms with Gasteiger partial charge in [0.05, 0.1) is 0 Å². The van der Waals surface area contributed by atoms with Gasteiger partial charge in [0, 0.05) is 23.9 Å². The van der Waals surface area contributed by atoms with E-state index in [4.69, 9.17) is 5.11 Å². The van der Waals surface area contributed by atoms with Crippen molar-refractivity contribution in [2.24, 2.45) is 0 Å². The predicted molar refractivity (Wildman–Crippen MR) is 54.9 cm³/mol. The van der Waals surface area contributed by atoms with Crippen molar-refractivity contribution in [3.8, 4) is 0 Å². The Labute approximate surface area is 88.2 Å². The molecule has 0 bridgehead atoms. The normalized spacial score (nSPS) is 11.2. The van der Waals surface area contributed by atoms with Gasteiger partial charge in [0.25, 0.3) is 0 Å². The Hall–Kier alpha value is -1.68. The predicted octanol–water partition coefficient (Wildman–Crippen LogP) is 1.06. The second kappa shape index (κ2) is 5.93. The van der Waals surface area contributed by atoms with E-state index in [2.05, 4.69) is 9.72 Å². The Balaban J connectivity index is 2.54. The first-order valence-corrected chi connectivity index (χ1v) is 4.58. The number of rotatable bonds is 4. The van der Waals surface area contributed by atoms with Crippen molar-refractivity contribution in [2.45, 2.75) is 13.3 Å². The molecule has 0 aliphatic heterocycles. The van der Waals surface area contributed by atoms with Crippen LogP contribution >= 0.6 is 0 Å². The van der Waals surface area contributed by atoms with Crippen LogP contribution in [0.4, 0.5) is 0 Å². The number of esters is 1. The molecule has 4 heteroatoms. The molecule has 0 amide bonds. The van der Waals surface area contributed by atoms with Crippen molar-refractivity contribution in [1.29, 1.82) is 0 Å². The molecule has 0 radical (unpaired) electrons. The summed E-state index contributed by atoms with van der Waals surface area (Å²) in [4.78, 5) is 15.2. The zero-order chi connectivity index (χ0) is 11.1. The first-order valence-electron chi connectivity index (χ1n) is 4.58. The number of aliphatic hydroxyl groups is 1. The smallest absolute Gasteiger partial charge is 0.335 e. The average molecular weight is 207 g/mol. The number of hydrogen-bond acceptors (Lipinski definition) is 4. The molecular weight excluding hydrogens is 194 g/mol. The van der Waals surface area contributed by atoms with E-state index in [0.29, 0.717) is 12.0 Å². The summed E-state index contributed by atoms with van der Waals surface area (Å²) < 4.78 is 4.42. The van der Waals surface area contributed by atoms with Gasteiger partial charge in [0.15, 0.2) is 6.79 Å². The Morgan fingerprint density at radius 1 is 1.60 bits per heavy atom. The second-order valence-corrected chi connectivity index (χ2v) is 2.97. The summed E-state index contributed by atoms with van der Waals surface area (Å²) in [5, 5.41) is 8.39. The van der Waals surface area contributed by atoms with Gasteiger partial charge < -0.3 is 9.84 Å². The number of nitrogens with zero attached hydrogens (tertiary/aromatic N) is 1. The summed E-state index contributed by atoms with van der Waals surface area (Å²) in [5.41, 5.74) is 1.35. The van der Waals surface area contributed by atoms with Crippen molar-refractivity contribution < 1.29 is 14.6 Å². The maximum atomic E-state index is 11.1. The minimum absolute atomic E-state index is 0.467. The van der Waals surface area contributed by atoms with E-state index in [9.17, 15) is 4.79 Å². The first kappa shape index (κ1) is 11.4. The number of pyridine rings is 1. The lowest BCUT2D eigenvalue weighted by Gasteiger charge is -2.00. The van der Waals surface area contributed by atoms with Gasteiger partial charge in [0.2, 0.25) is 0 Å². The van der Waals surface area contributed by atoms with Crippen LogP contribution in [0.5, 0.6) is 0 Å². The van der Waals surface area contributed by atoms with Gasteiger partial charge in [-0.15, -0.1) is 0 Å². The largest absolute Gasteiger partial charge is 0.435 e. The van der Waals surface area contributed by atoms with Crippen LogP contribution in [0, 0.1) is 0 Å². The van der Waals surface area contributed by atoms with Crippen LogP contribution < -0.4 is 0 Å². The van der Waals surface area contributed by atoms with Gasteiger partial charge in [-0.1, -0.05) is 12.1 Å². The zero-order valence-corrected chi connectivity index (χ0v) is 8.51. The summed E-state index contributed by atoms with van der Waals surface area (Å²) in [7, 11) is 0. The third-order valence-electron chi connectivity index (χ3n) is 1.86. The molecule has 15 heavy (non-hydrogen) atoms. The molecule has 0 aromatic carbocycles. The molecule has 0 spiro atoms. The van der Waals surface area contributed by atoms with Gasteiger partial charge in [-0.3, -0.25) is 4.98 Å². The Morgan fingerprint density at radius 2 is 2.40 bits per heavy atom. The molecule has 4 nitrogen and oxygen atoms in total. The lowest BCUT2D eigenvalue weighted by molar-refractivity contribution is -0.146. The van der Waals surface area contributed by atoms with Crippen molar-refractivity contribution in [3.05, 3.63) is 41.7 Å². The van der Waals surface area contributed by atoms with E-state index >= 15 is 0 Å². The van der Waals surface area contributed by atoms with Crippen molar-refractivity contribution in [3.63, 3.8) is 0 Å². The number of hydrogen-bond donors (Lipinski definition) is 1. The number of aromatic nitrogens is 1. The Kier molecular flexibility index (Phi) is 4.50. The lowest BCUT2D eigenvalue weighted by atomic mass is 10.2. The van der Waals surface area contributed by atoms with Crippen molar-refractivity contribution >= 4 is 5.97 Å². The molecule has 0 atom stereocenters. The van der Waals surface area contributed by atoms with Crippen molar-refractivity contribution in [1.82, 2.24) is 4.98 Å². The monoisotopic (exact) mass is 207 g/mol. The molecule has 0 aliphatic rings. The number of aliphatic hydroxyl groups excluding tert-OH is 1. The summed E-state index contributed by atoms with van der Waals surface area (Å²) in [6.45, 7) is 1.05. The third kappa shape index (κ3) is 3.91. The van der Waals surface area contributed by atoms with Crippen LogP contribution in [0.3, 0.4) is 0 Å². The molecule has 1 heterocycles. The average Bonchev–Trinajstić information content (AvgIpc) is 2.27. The summed E-state index contributed by atoms with van der Waals surface area (Å²) in [6.07, 6.45) is 4.00. The van der Waals surface area contributed by atoms with E-state index in [1.807, 2.05) is 18.2 Å². The lowest BCUT2D eigenvalue weighted by Crippen LogP contribution is -2.06. The number of carbonyl (C=O) groups excluding carboxylic acids is 1. The van der Waals surface area contributed by atoms with E-state index < -0.39 is 12.8 Å². The van der Waals surface area contributed by atoms with Gasteiger partial charge >= 0.3 is 5.97 Å².